The Hall–Kier alpha value is -2.77. The van der Waals surface area contributed by atoms with Crippen LogP contribution in [0.1, 0.15) is 19.4 Å². The first-order chi connectivity index (χ1) is 14.4. The smallest absolute Gasteiger partial charge is 0.219 e. The Morgan fingerprint density at radius 3 is 2.80 bits per heavy atom. The van der Waals surface area contributed by atoms with Crippen molar-refractivity contribution in [1.82, 2.24) is 14.3 Å². The van der Waals surface area contributed by atoms with Crippen LogP contribution in [0.2, 0.25) is 5.02 Å². The van der Waals surface area contributed by atoms with Crippen LogP contribution in [0, 0.1) is 0 Å². The lowest BCUT2D eigenvalue weighted by Crippen LogP contribution is -2.53. The lowest BCUT2D eigenvalue weighted by molar-refractivity contribution is -0.129. The Bertz CT molecular complexity index is 1100. The third-order valence-corrected chi connectivity index (χ3v) is 5.97. The molecule has 3 aromatic rings. The number of hydrogen-bond acceptors (Lipinski definition) is 5. The maximum absolute atomic E-state index is 11.7. The van der Waals surface area contributed by atoms with Gasteiger partial charge in [0.15, 0.2) is 0 Å². The van der Waals surface area contributed by atoms with Crippen LogP contribution >= 0.6 is 11.6 Å². The number of anilines is 1. The minimum absolute atomic E-state index is 0.118. The number of ether oxygens (including phenoxy) is 1. The molecule has 1 saturated heterocycles. The first-order valence-electron chi connectivity index (χ1n) is 9.89. The summed E-state index contributed by atoms with van der Waals surface area (Å²) in [5.74, 6) is 0.641. The number of hydrogen-bond donors (Lipinski definition) is 1. The van der Waals surface area contributed by atoms with Crippen LogP contribution < -0.4 is 9.64 Å². The number of benzene rings is 1. The van der Waals surface area contributed by atoms with E-state index in [1.807, 2.05) is 27.8 Å². The number of fused-ring (bicyclic) bond motifs is 1. The number of aliphatic hydroxyl groups excluding tert-OH is 1. The number of methoxy groups -OCH3 is 1. The number of carbonyl (C=O) groups is 1. The van der Waals surface area contributed by atoms with Crippen molar-refractivity contribution < 1.29 is 14.6 Å². The largest absolute Gasteiger partial charge is 0.495 e. The molecule has 0 saturated carbocycles. The predicted molar refractivity (Wildman–Crippen MR) is 117 cm³/mol. The minimum Gasteiger partial charge on any atom is -0.495 e. The number of nitrogens with zero attached hydrogens (tertiary/aromatic N) is 4. The van der Waals surface area contributed by atoms with Crippen LogP contribution in [0.3, 0.4) is 0 Å². The number of carbonyl (C=O) groups excluding carboxylic acids is 1. The summed E-state index contributed by atoms with van der Waals surface area (Å²) in [6.07, 6.45) is 3.91. The molecule has 0 aliphatic carbocycles. The van der Waals surface area contributed by atoms with Gasteiger partial charge in [-0.05, 0) is 30.7 Å². The van der Waals surface area contributed by atoms with Gasteiger partial charge < -0.3 is 24.0 Å². The van der Waals surface area contributed by atoms with Crippen LogP contribution in [0.4, 0.5) is 5.69 Å². The zero-order valence-corrected chi connectivity index (χ0v) is 18.1. The molecule has 1 aromatic carbocycles. The lowest BCUT2D eigenvalue weighted by atomic mass is 10.1. The summed E-state index contributed by atoms with van der Waals surface area (Å²) in [5, 5.41) is 10.3. The van der Waals surface area contributed by atoms with E-state index in [0.717, 1.165) is 35.7 Å². The van der Waals surface area contributed by atoms with E-state index in [9.17, 15) is 9.90 Å². The van der Waals surface area contributed by atoms with Crippen molar-refractivity contribution in [2.24, 2.45) is 0 Å². The summed E-state index contributed by atoms with van der Waals surface area (Å²) in [4.78, 5) is 20.6. The normalized spacial score (nSPS) is 16.9. The van der Waals surface area contributed by atoms with Crippen molar-refractivity contribution in [2.45, 2.75) is 26.5 Å². The monoisotopic (exact) mass is 428 g/mol. The molecule has 1 atom stereocenters. The summed E-state index contributed by atoms with van der Waals surface area (Å²) in [6.45, 7) is 5.82. The number of aromatic nitrogens is 2. The van der Waals surface area contributed by atoms with E-state index in [2.05, 4.69) is 17.9 Å². The topological polar surface area (TPSA) is 70.3 Å². The molecule has 1 unspecified atom stereocenters. The number of piperazine rings is 1. The SMILES string of the molecule is COc1cc(CO)c(-c2cn3ccc(N4CCN(C(C)=O)CC4C)cc3n2)cc1Cl. The van der Waals surface area contributed by atoms with E-state index in [0.29, 0.717) is 22.9 Å². The van der Waals surface area contributed by atoms with E-state index in [-0.39, 0.29) is 18.6 Å². The van der Waals surface area contributed by atoms with Crippen LogP contribution in [-0.4, -0.2) is 58.1 Å². The van der Waals surface area contributed by atoms with Gasteiger partial charge in [0.2, 0.25) is 5.91 Å². The average Bonchev–Trinajstić information content (AvgIpc) is 3.16. The molecule has 1 N–H and O–H groups in total. The lowest BCUT2D eigenvalue weighted by Gasteiger charge is -2.41. The molecule has 3 heterocycles. The van der Waals surface area contributed by atoms with Crippen molar-refractivity contribution in [2.75, 3.05) is 31.6 Å². The summed E-state index contributed by atoms with van der Waals surface area (Å²) >= 11 is 6.31. The number of rotatable bonds is 4. The van der Waals surface area contributed by atoms with Crippen LogP contribution in [0.25, 0.3) is 16.9 Å². The van der Waals surface area contributed by atoms with E-state index in [4.69, 9.17) is 21.3 Å². The van der Waals surface area contributed by atoms with Crippen LogP contribution in [0.15, 0.2) is 36.7 Å². The van der Waals surface area contributed by atoms with Crippen molar-refractivity contribution >= 4 is 28.8 Å². The number of imidazole rings is 1. The van der Waals surface area contributed by atoms with Crippen molar-refractivity contribution in [3.8, 4) is 17.0 Å². The molecule has 2 aromatic heterocycles. The van der Waals surface area contributed by atoms with Crippen LogP contribution in [0.5, 0.6) is 5.75 Å². The number of halogens is 1. The van der Waals surface area contributed by atoms with Gasteiger partial charge in [0, 0.05) is 62.3 Å². The Morgan fingerprint density at radius 1 is 1.33 bits per heavy atom. The third-order valence-electron chi connectivity index (χ3n) is 5.67. The highest BCUT2D eigenvalue weighted by molar-refractivity contribution is 6.32. The Labute approximate surface area is 180 Å². The molecule has 7 nitrogen and oxygen atoms in total. The summed E-state index contributed by atoms with van der Waals surface area (Å²) in [5.41, 5.74) is 4.09. The second-order valence-electron chi connectivity index (χ2n) is 7.59. The summed E-state index contributed by atoms with van der Waals surface area (Å²) in [6, 6.07) is 7.85. The average molecular weight is 429 g/mol. The first-order valence-corrected chi connectivity index (χ1v) is 10.3. The van der Waals surface area contributed by atoms with Gasteiger partial charge in [-0.3, -0.25) is 4.79 Å². The highest BCUT2D eigenvalue weighted by atomic mass is 35.5. The first kappa shape index (κ1) is 20.5. The van der Waals surface area contributed by atoms with E-state index in [1.54, 1.807) is 26.2 Å². The quantitative estimate of drug-likeness (QED) is 0.691. The van der Waals surface area contributed by atoms with Crippen LogP contribution in [-0.2, 0) is 11.4 Å². The molecule has 1 amide bonds. The highest BCUT2D eigenvalue weighted by Crippen LogP contribution is 2.34. The molecule has 1 fully saturated rings. The van der Waals surface area contributed by atoms with Gasteiger partial charge in [-0.2, -0.15) is 0 Å². The Morgan fingerprint density at radius 2 is 2.13 bits per heavy atom. The molecule has 30 heavy (non-hydrogen) atoms. The van der Waals surface area contributed by atoms with E-state index < -0.39 is 0 Å². The molecule has 8 heteroatoms. The zero-order valence-electron chi connectivity index (χ0n) is 17.3. The fourth-order valence-corrected chi connectivity index (χ4v) is 4.27. The van der Waals surface area contributed by atoms with Crippen molar-refractivity contribution in [3.05, 3.63) is 47.2 Å². The number of aliphatic hydroxyl groups is 1. The van der Waals surface area contributed by atoms with Gasteiger partial charge in [-0.15, -0.1) is 0 Å². The second-order valence-corrected chi connectivity index (χ2v) is 7.99. The number of amides is 1. The maximum atomic E-state index is 11.7. The number of pyridine rings is 1. The van der Waals surface area contributed by atoms with Crippen molar-refractivity contribution in [1.29, 1.82) is 0 Å². The molecule has 0 spiro atoms. The van der Waals surface area contributed by atoms with Gasteiger partial charge in [-0.25, -0.2) is 4.98 Å². The van der Waals surface area contributed by atoms with E-state index in [1.165, 1.54) is 0 Å². The fourth-order valence-electron chi connectivity index (χ4n) is 4.03. The van der Waals surface area contributed by atoms with E-state index >= 15 is 0 Å². The molecule has 0 bridgehead atoms. The molecular weight excluding hydrogens is 404 g/mol. The van der Waals surface area contributed by atoms with Gasteiger partial charge >= 0.3 is 0 Å². The van der Waals surface area contributed by atoms with Gasteiger partial charge in [0.05, 0.1) is 24.4 Å². The van der Waals surface area contributed by atoms with Gasteiger partial charge in [-0.1, -0.05) is 11.6 Å². The summed E-state index contributed by atoms with van der Waals surface area (Å²) in [7, 11) is 1.55. The molecular formula is C22H25ClN4O3. The highest BCUT2D eigenvalue weighted by Gasteiger charge is 2.25. The third kappa shape index (κ3) is 3.70. The Balaban J connectivity index is 1.67. The standard InChI is InChI=1S/C22H25ClN4O3/c1-14-11-25(15(2)29)6-7-27(14)17-4-5-26-12-20(24-22(26)9-17)18-10-19(23)21(30-3)8-16(18)13-28/h4-5,8-10,12,14,28H,6-7,11,13H2,1-3H3. The Kier molecular flexibility index (Phi) is 5.58. The molecule has 1 aliphatic heterocycles. The van der Waals surface area contributed by atoms with Gasteiger partial charge in [0.1, 0.15) is 11.4 Å². The molecule has 0 radical (unpaired) electrons. The molecule has 4 rings (SSSR count). The summed E-state index contributed by atoms with van der Waals surface area (Å²) < 4.78 is 7.21. The zero-order chi connectivity index (χ0) is 21.4. The predicted octanol–water partition coefficient (Wildman–Crippen LogP) is 3.21. The fraction of sp³-hybridized carbons (Fsp3) is 0.364. The maximum Gasteiger partial charge on any atom is 0.219 e. The van der Waals surface area contributed by atoms with Gasteiger partial charge in [0.25, 0.3) is 0 Å². The minimum atomic E-state index is -0.139. The van der Waals surface area contributed by atoms with Crippen molar-refractivity contribution in [3.63, 3.8) is 0 Å². The second kappa shape index (κ2) is 8.16. The molecule has 1 aliphatic rings. The molecule has 158 valence electrons.